The lowest BCUT2D eigenvalue weighted by molar-refractivity contribution is -0.116. The van der Waals surface area contributed by atoms with Gasteiger partial charge in [0.2, 0.25) is 5.91 Å². The van der Waals surface area contributed by atoms with Gasteiger partial charge in [0.25, 0.3) is 0 Å². The van der Waals surface area contributed by atoms with Crippen molar-refractivity contribution < 1.29 is 9.21 Å². The molecular formula is C9H13BrN2O2. The summed E-state index contributed by atoms with van der Waals surface area (Å²) in [5.41, 5.74) is 0.746. The van der Waals surface area contributed by atoms with Gasteiger partial charge in [-0.05, 0) is 12.8 Å². The largest absolute Gasteiger partial charge is 0.432 e. The molecule has 78 valence electrons. The number of rotatable bonds is 3. The van der Waals surface area contributed by atoms with Crippen LogP contribution in [0.2, 0.25) is 0 Å². The van der Waals surface area contributed by atoms with Crippen LogP contribution in [0.1, 0.15) is 19.5 Å². The summed E-state index contributed by atoms with van der Waals surface area (Å²) >= 11 is 3.29. The van der Waals surface area contributed by atoms with Gasteiger partial charge < -0.3 is 4.42 Å². The highest BCUT2D eigenvalue weighted by Gasteiger charge is 2.19. The third kappa shape index (κ3) is 2.83. The molecule has 0 spiro atoms. The fourth-order valence-corrected chi connectivity index (χ4v) is 1.00. The van der Waals surface area contributed by atoms with Crippen LogP contribution < -0.4 is 5.32 Å². The van der Waals surface area contributed by atoms with Crippen LogP contribution in [-0.4, -0.2) is 15.7 Å². The Morgan fingerprint density at radius 2 is 2.29 bits per heavy atom. The predicted octanol–water partition coefficient (Wildman–Crippen LogP) is 2.34. The van der Waals surface area contributed by atoms with Crippen LogP contribution in [0.5, 0.6) is 0 Å². The number of alkyl halides is 1. The van der Waals surface area contributed by atoms with Crippen molar-refractivity contribution in [1.82, 2.24) is 4.98 Å². The second-order valence-corrected chi connectivity index (χ2v) is 4.42. The van der Waals surface area contributed by atoms with Crippen LogP contribution in [0.15, 0.2) is 10.7 Å². The number of aryl methyl sites for hydroxylation is 1. The predicted molar refractivity (Wildman–Crippen MR) is 57.4 cm³/mol. The van der Waals surface area contributed by atoms with E-state index in [0.717, 1.165) is 5.69 Å². The maximum atomic E-state index is 11.5. The van der Waals surface area contributed by atoms with Gasteiger partial charge in [0.05, 0.1) is 10.5 Å². The van der Waals surface area contributed by atoms with Crippen LogP contribution in [0.3, 0.4) is 0 Å². The number of amides is 1. The zero-order valence-corrected chi connectivity index (χ0v) is 9.96. The highest BCUT2D eigenvalue weighted by atomic mass is 79.9. The zero-order valence-electron chi connectivity index (χ0n) is 8.37. The molecule has 1 heterocycles. The second-order valence-electron chi connectivity index (χ2n) is 3.43. The fraction of sp³-hybridized carbons (Fsp3) is 0.556. The lowest BCUT2D eigenvalue weighted by Crippen LogP contribution is -2.27. The van der Waals surface area contributed by atoms with E-state index in [1.807, 2.05) is 13.8 Å². The van der Waals surface area contributed by atoms with Gasteiger partial charge in [0.15, 0.2) is 0 Å². The summed E-state index contributed by atoms with van der Waals surface area (Å²) in [7, 11) is 0. The Bertz CT molecular complexity index is 322. The van der Waals surface area contributed by atoms with Crippen molar-refractivity contribution in [2.24, 2.45) is 5.92 Å². The average molecular weight is 261 g/mol. The quantitative estimate of drug-likeness (QED) is 0.849. The lowest BCUT2D eigenvalue weighted by Gasteiger charge is -2.11. The highest BCUT2D eigenvalue weighted by molar-refractivity contribution is 9.10. The molecule has 1 atom stereocenters. The van der Waals surface area contributed by atoms with Crippen LogP contribution in [-0.2, 0) is 4.79 Å². The summed E-state index contributed by atoms with van der Waals surface area (Å²) in [6.45, 7) is 5.72. The number of aromatic nitrogens is 1. The summed E-state index contributed by atoms with van der Waals surface area (Å²) in [4.78, 5) is 15.3. The molecule has 0 saturated carbocycles. The van der Waals surface area contributed by atoms with Crippen LogP contribution >= 0.6 is 15.9 Å². The molecule has 5 heteroatoms. The molecule has 1 aromatic heterocycles. The van der Waals surface area contributed by atoms with E-state index in [2.05, 4.69) is 26.2 Å². The number of anilines is 1. The first-order valence-corrected chi connectivity index (χ1v) is 5.29. The number of carbonyl (C=O) groups excluding carboxylic acids is 1. The van der Waals surface area contributed by atoms with Crippen molar-refractivity contribution in [3.63, 3.8) is 0 Å². The third-order valence-electron chi connectivity index (χ3n) is 1.68. The van der Waals surface area contributed by atoms with E-state index in [-0.39, 0.29) is 22.7 Å². The molecule has 0 aliphatic rings. The van der Waals surface area contributed by atoms with E-state index in [9.17, 15) is 4.79 Å². The smallest absolute Gasteiger partial charge is 0.301 e. The van der Waals surface area contributed by atoms with Gasteiger partial charge in [-0.1, -0.05) is 29.8 Å². The van der Waals surface area contributed by atoms with E-state index in [1.165, 1.54) is 6.26 Å². The third-order valence-corrected chi connectivity index (χ3v) is 3.16. The Hall–Kier alpha value is -0.840. The summed E-state index contributed by atoms with van der Waals surface area (Å²) in [6.07, 6.45) is 1.49. The first-order valence-electron chi connectivity index (χ1n) is 4.37. The molecule has 1 unspecified atom stereocenters. The summed E-state index contributed by atoms with van der Waals surface area (Å²) in [6, 6.07) is 0.248. The first kappa shape index (κ1) is 11.2. The van der Waals surface area contributed by atoms with Crippen LogP contribution in [0.25, 0.3) is 0 Å². The number of nitrogens with zero attached hydrogens (tertiary/aromatic N) is 1. The Labute approximate surface area is 91.2 Å². The van der Waals surface area contributed by atoms with Gasteiger partial charge >= 0.3 is 6.01 Å². The fourth-order valence-electron chi connectivity index (χ4n) is 0.888. The number of nitrogens with one attached hydrogen (secondary N) is 1. The molecule has 0 radical (unpaired) electrons. The van der Waals surface area contributed by atoms with Gasteiger partial charge in [-0.15, -0.1) is 0 Å². The van der Waals surface area contributed by atoms with Crippen molar-refractivity contribution in [3.8, 4) is 0 Å². The molecule has 4 nitrogen and oxygen atoms in total. The van der Waals surface area contributed by atoms with Crippen LogP contribution in [0.4, 0.5) is 6.01 Å². The summed E-state index contributed by atoms with van der Waals surface area (Å²) < 4.78 is 5.00. The normalized spacial score (nSPS) is 12.9. The topological polar surface area (TPSA) is 55.1 Å². The monoisotopic (exact) mass is 260 g/mol. The minimum Gasteiger partial charge on any atom is -0.432 e. The molecule has 1 amide bonds. The number of oxazole rings is 1. The van der Waals surface area contributed by atoms with E-state index in [1.54, 1.807) is 6.92 Å². The summed E-state index contributed by atoms with van der Waals surface area (Å²) in [5, 5.41) is 2.58. The lowest BCUT2D eigenvalue weighted by atomic mass is 10.1. The molecule has 14 heavy (non-hydrogen) atoms. The van der Waals surface area contributed by atoms with Gasteiger partial charge in [0.1, 0.15) is 6.26 Å². The molecule has 0 aromatic carbocycles. The van der Waals surface area contributed by atoms with Gasteiger partial charge in [-0.3, -0.25) is 10.1 Å². The van der Waals surface area contributed by atoms with E-state index >= 15 is 0 Å². The standard InChI is InChI=1S/C9H13BrN2O2/c1-5(2)7(10)8(13)12-9-11-6(3)4-14-9/h4-5,7H,1-3H3,(H,11,12,13). The highest BCUT2D eigenvalue weighted by Crippen LogP contribution is 2.15. The maximum Gasteiger partial charge on any atom is 0.301 e. The molecule has 0 fully saturated rings. The molecule has 0 bridgehead atoms. The van der Waals surface area contributed by atoms with Crippen molar-refractivity contribution in [2.75, 3.05) is 5.32 Å². The second kappa shape index (κ2) is 4.59. The molecule has 0 aliphatic carbocycles. The number of hydrogen-bond donors (Lipinski definition) is 1. The Morgan fingerprint density at radius 3 is 2.71 bits per heavy atom. The number of hydrogen-bond acceptors (Lipinski definition) is 3. The van der Waals surface area contributed by atoms with E-state index < -0.39 is 0 Å². The minimum absolute atomic E-state index is 0.137. The maximum absolute atomic E-state index is 11.5. The van der Waals surface area contributed by atoms with E-state index in [0.29, 0.717) is 0 Å². The van der Waals surface area contributed by atoms with Crippen molar-refractivity contribution in [1.29, 1.82) is 0 Å². The average Bonchev–Trinajstić information content (AvgIpc) is 2.49. The van der Waals surface area contributed by atoms with E-state index in [4.69, 9.17) is 4.42 Å². The van der Waals surface area contributed by atoms with Gasteiger partial charge in [0, 0.05) is 0 Å². The molecule has 1 N–H and O–H groups in total. The number of halogens is 1. The zero-order chi connectivity index (χ0) is 10.7. The Kier molecular flexibility index (Phi) is 3.69. The van der Waals surface area contributed by atoms with Crippen molar-refractivity contribution in [3.05, 3.63) is 12.0 Å². The van der Waals surface area contributed by atoms with Gasteiger partial charge in [-0.2, -0.15) is 4.98 Å². The SMILES string of the molecule is Cc1coc(NC(=O)C(Br)C(C)C)n1. The number of carbonyl (C=O) groups is 1. The van der Waals surface area contributed by atoms with Crippen molar-refractivity contribution in [2.45, 2.75) is 25.6 Å². The Balaban J connectivity index is 2.57. The molecule has 1 rings (SSSR count). The Morgan fingerprint density at radius 1 is 1.64 bits per heavy atom. The van der Waals surface area contributed by atoms with Gasteiger partial charge in [-0.25, -0.2) is 0 Å². The first-order chi connectivity index (χ1) is 6.50. The molecule has 1 aromatic rings. The minimum atomic E-state index is -0.227. The van der Waals surface area contributed by atoms with Crippen molar-refractivity contribution >= 4 is 27.9 Å². The summed E-state index contributed by atoms with van der Waals surface area (Å²) in [5.74, 6) is 0.0907. The molecule has 0 saturated heterocycles. The molecular weight excluding hydrogens is 248 g/mol. The molecule has 0 aliphatic heterocycles. The van der Waals surface area contributed by atoms with Crippen LogP contribution in [0, 0.1) is 12.8 Å².